The van der Waals surface area contributed by atoms with Crippen molar-refractivity contribution >= 4 is 11.6 Å². The Morgan fingerprint density at radius 2 is 1.74 bits per heavy atom. The van der Waals surface area contributed by atoms with Gasteiger partial charge in [-0.2, -0.15) is 0 Å². The summed E-state index contributed by atoms with van der Waals surface area (Å²) in [4.78, 5) is 2.39. The third-order valence-electron chi connectivity index (χ3n) is 3.87. The molecule has 0 radical (unpaired) electrons. The molecule has 0 aliphatic rings. The van der Waals surface area contributed by atoms with Crippen LogP contribution in [0.5, 0.6) is 0 Å². The highest BCUT2D eigenvalue weighted by Crippen LogP contribution is 2.13. The van der Waals surface area contributed by atoms with Gasteiger partial charge in [0.25, 0.3) is 0 Å². The van der Waals surface area contributed by atoms with Crippen LogP contribution in [-0.2, 0) is 6.42 Å². The first-order valence-electron chi connectivity index (χ1n) is 7.10. The maximum absolute atomic E-state index is 6.09. The minimum atomic E-state index is 0.296. The molecule has 2 atom stereocenters. The van der Waals surface area contributed by atoms with Gasteiger partial charge in [0.2, 0.25) is 0 Å². The van der Waals surface area contributed by atoms with E-state index < -0.39 is 0 Å². The summed E-state index contributed by atoms with van der Waals surface area (Å²) in [6.07, 6.45) is 2.10. The van der Waals surface area contributed by atoms with Crippen LogP contribution in [-0.4, -0.2) is 30.6 Å². The number of benzene rings is 1. The normalized spacial score (nSPS) is 14.9. The van der Waals surface area contributed by atoms with E-state index >= 15 is 0 Å². The molecule has 1 aromatic carbocycles. The Bertz CT molecular complexity index is 362. The van der Waals surface area contributed by atoms with Crippen LogP contribution >= 0.6 is 11.6 Å². The highest BCUT2D eigenvalue weighted by molar-refractivity contribution is 6.30. The van der Waals surface area contributed by atoms with Crippen LogP contribution in [0.2, 0.25) is 5.02 Å². The summed E-state index contributed by atoms with van der Waals surface area (Å²) >= 11 is 5.90. The van der Waals surface area contributed by atoms with Crippen molar-refractivity contribution in [3.05, 3.63) is 34.9 Å². The Morgan fingerprint density at radius 1 is 1.16 bits per heavy atom. The van der Waals surface area contributed by atoms with Crippen LogP contribution in [0.1, 0.15) is 32.8 Å². The highest BCUT2D eigenvalue weighted by Gasteiger charge is 2.13. The van der Waals surface area contributed by atoms with E-state index in [1.807, 2.05) is 12.1 Å². The van der Waals surface area contributed by atoms with Gasteiger partial charge in [0.1, 0.15) is 0 Å². The second-order valence-electron chi connectivity index (χ2n) is 5.86. The molecule has 0 saturated carbocycles. The minimum Gasteiger partial charge on any atom is -0.327 e. The molecule has 108 valence electrons. The van der Waals surface area contributed by atoms with E-state index in [1.54, 1.807) is 0 Å². The van der Waals surface area contributed by atoms with Crippen LogP contribution in [0.4, 0.5) is 0 Å². The van der Waals surface area contributed by atoms with Crippen LogP contribution < -0.4 is 5.73 Å². The Hall–Kier alpha value is -0.570. The molecule has 0 fully saturated rings. The smallest absolute Gasteiger partial charge is 0.0406 e. The van der Waals surface area contributed by atoms with Gasteiger partial charge in [0, 0.05) is 17.1 Å². The molecule has 0 aromatic heterocycles. The predicted molar refractivity (Wildman–Crippen MR) is 84.7 cm³/mol. The fourth-order valence-electron chi connectivity index (χ4n) is 2.02. The van der Waals surface area contributed by atoms with Crippen molar-refractivity contribution in [2.75, 3.05) is 13.6 Å². The molecule has 2 nitrogen and oxygen atoms in total. The maximum atomic E-state index is 6.09. The molecule has 1 rings (SSSR count). The van der Waals surface area contributed by atoms with E-state index in [1.165, 1.54) is 5.56 Å². The molecular formula is C16H27ClN2. The van der Waals surface area contributed by atoms with Crippen molar-refractivity contribution in [2.45, 2.75) is 45.7 Å². The summed E-state index contributed by atoms with van der Waals surface area (Å²) in [6.45, 7) is 7.67. The number of halogens is 1. The van der Waals surface area contributed by atoms with Crippen molar-refractivity contribution in [3.63, 3.8) is 0 Å². The van der Waals surface area contributed by atoms with Crippen molar-refractivity contribution in [1.82, 2.24) is 4.90 Å². The van der Waals surface area contributed by atoms with Crippen LogP contribution in [0, 0.1) is 5.92 Å². The van der Waals surface area contributed by atoms with Crippen molar-refractivity contribution in [1.29, 1.82) is 0 Å². The van der Waals surface area contributed by atoms with Crippen molar-refractivity contribution < 1.29 is 0 Å². The fourth-order valence-corrected chi connectivity index (χ4v) is 2.15. The van der Waals surface area contributed by atoms with Gasteiger partial charge in [-0.15, -0.1) is 0 Å². The standard InChI is InChI=1S/C16H27ClN2/c1-12(2)16(18)9-10-19(4)13(3)11-14-5-7-15(17)8-6-14/h5-8,12-13,16H,9-11,18H2,1-4H3. The van der Waals surface area contributed by atoms with Gasteiger partial charge in [-0.25, -0.2) is 0 Å². The zero-order valence-electron chi connectivity index (χ0n) is 12.6. The summed E-state index contributed by atoms with van der Waals surface area (Å²) in [7, 11) is 2.17. The zero-order chi connectivity index (χ0) is 14.4. The first-order chi connectivity index (χ1) is 8.90. The number of likely N-dealkylation sites (N-methyl/N-ethyl adjacent to an activating group) is 1. The topological polar surface area (TPSA) is 29.3 Å². The molecule has 1 aromatic rings. The lowest BCUT2D eigenvalue weighted by Gasteiger charge is -2.27. The largest absolute Gasteiger partial charge is 0.327 e. The summed E-state index contributed by atoms with van der Waals surface area (Å²) < 4.78 is 0. The Kier molecular flexibility index (Phi) is 6.84. The first kappa shape index (κ1) is 16.5. The lowest BCUT2D eigenvalue weighted by atomic mass is 10.0. The van der Waals surface area contributed by atoms with Crippen LogP contribution in [0.15, 0.2) is 24.3 Å². The van der Waals surface area contributed by atoms with E-state index in [0.29, 0.717) is 18.0 Å². The number of rotatable bonds is 7. The monoisotopic (exact) mass is 282 g/mol. The molecule has 19 heavy (non-hydrogen) atoms. The molecule has 0 spiro atoms. The van der Waals surface area contributed by atoms with E-state index in [9.17, 15) is 0 Å². The second kappa shape index (κ2) is 7.88. The number of nitrogens with two attached hydrogens (primary N) is 1. The SMILES string of the molecule is CC(C)C(N)CCN(C)C(C)Cc1ccc(Cl)cc1. The zero-order valence-corrected chi connectivity index (χ0v) is 13.3. The van der Waals surface area contributed by atoms with Gasteiger partial charge >= 0.3 is 0 Å². The first-order valence-corrected chi connectivity index (χ1v) is 7.48. The van der Waals surface area contributed by atoms with Gasteiger partial charge < -0.3 is 10.6 Å². The maximum Gasteiger partial charge on any atom is 0.0406 e. The highest BCUT2D eigenvalue weighted by atomic mass is 35.5. The molecule has 2 N–H and O–H groups in total. The summed E-state index contributed by atoms with van der Waals surface area (Å²) in [5, 5.41) is 0.799. The molecule has 0 heterocycles. The lowest BCUT2D eigenvalue weighted by Crippen LogP contribution is -2.36. The quantitative estimate of drug-likeness (QED) is 0.828. The van der Waals surface area contributed by atoms with Crippen molar-refractivity contribution in [2.24, 2.45) is 11.7 Å². The Morgan fingerprint density at radius 3 is 2.26 bits per heavy atom. The number of hydrogen-bond acceptors (Lipinski definition) is 2. The third kappa shape index (κ3) is 5.94. The molecule has 0 amide bonds. The minimum absolute atomic E-state index is 0.296. The number of hydrogen-bond donors (Lipinski definition) is 1. The van der Waals surface area contributed by atoms with Gasteiger partial charge in [-0.05, 0) is 57.0 Å². The summed E-state index contributed by atoms with van der Waals surface area (Å²) in [5.41, 5.74) is 7.42. The third-order valence-corrected chi connectivity index (χ3v) is 4.12. The average molecular weight is 283 g/mol. The fraction of sp³-hybridized carbons (Fsp3) is 0.625. The summed E-state index contributed by atoms with van der Waals surface area (Å²) in [5.74, 6) is 0.556. The second-order valence-corrected chi connectivity index (χ2v) is 6.29. The van der Waals surface area contributed by atoms with E-state index in [-0.39, 0.29) is 0 Å². The molecule has 0 aliphatic heterocycles. The van der Waals surface area contributed by atoms with Gasteiger partial charge in [0.15, 0.2) is 0 Å². The van der Waals surface area contributed by atoms with E-state index in [4.69, 9.17) is 17.3 Å². The average Bonchev–Trinajstić information content (AvgIpc) is 2.37. The lowest BCUT2D eigenvalue weighted by molar-refractivity contribution is 0.239. The van der Waals surface area contributed by atoms with E-state index in [0.717, 1.165) is 24.4 Å². The molecule has 3 heteroatoms. The van der Waals surface area contributed by atoms with Gasteiger partial charge in [0.05, 0.1) is 0 Å². The van der Waals surface area contributed by atoms with Crippen LogP contribution in [0.25, 0.3) is 0 Å². The molecule has 2 unspecified atom stereocenters. The Balaban J connectivity index is 2.40. The van der Waals surface area contributed by atoms with Crippen LogP contribution in [0.3, 0.4) is 0 Å². The number of nitrogens with zero attached hydrogens (tertiary/aromatic N) is 1. The molecular weight excluding hydrogens is 256 g/mol. The van der Waals surface area contributed by atoms with E-state index in [2.05, 4.69) is 44.9 Å². The molecule has 0 aliphatic carbocycles. The molecule has 0 bridgehead atoms. The Labute approximate surface area is 122 Å². The predicted octanol–water partition coefficient (Wildman–Crippen LogP) is 3.58. The van der Waals surface area contributed by atoms with Crippen molar-refractivity contribution in [3.8, 4) is 0 Å². The van der Waals surface area contributed by atoms with Gasteiger partial charge in [-0.1, -0.05) is 37.6 Å². The summed E-state index contributed by atoms with van der Waals surface area (Å²) in [6, 6.07) is 8.93. The molecule has 0 saturated heterocycles. The van der Waals surface area contributed by atoms with Gasteiger partial charge in [-0.3, -0.25) is 0 Å².